The third-order valence-corrected chi connectivity index (χ3v) is 11.4. The van der Waals surface area contributed by atoms with Crippen molar-refractivity contribution in [3.63, 3.8) is 0 Å². The summed E-state index contributed by atoms with van der Waals surface area (Å²) in [5, 5.41) is 1.36. The molecule has 0 aliphatic heterocycles. The van der Waals surface area contributed by atoms with Crippen molar-refractivity contribution in [3.8, 4) is 39.5 Å². The van der Waals surface area contributed by atoms with E-state index in [1.165, 1.54) is 6.20 Å². The van der Waals surface area contributed by atoms with Gasteiger partial charge in [0.25, 0.3) is 0 Å². The van der Waals surface area contributed by atoms with Gasteiger partial charge < -0.3 is 14.0 Å². The van der Waals surface area contributed by atoms with Gasteiger partial charge in [-0.25, -0.2) is 0 Å². The summed E-state index contributed by atoms with van der Waals surface area (Å²) in [6, 6.07) is 45.1. The van der Waals surface area contributed by atoms with Crippen molar-refractivity contribution in [1.29, 1.82) is 0 Å². The number of fused-ring (bicyclic) bond motifs is 4. The van der Waals surface area contributed by atoms with Gasteiger partial charge in [0, 0.05) is 51.1 Å². The quantitative estimate of drug-likeness (QED) is 0.143. The van der Waals surface area contributed by atoms with Crippen molar-refractivity contribution in [2.75, 3.05) is 0 Å². The third-order valence-electron chi connectivity index (χ3n) is 11.4. The Balaban J connectivity index is 0.000000338. The molecule has 10 rings (SSSR count). The Labute approximate surface area is 388 Å². The average molecular weight is 986 g/mol. The SMILES string of the molecule is [2H]C([2H])([2H])c1cc2c(cc1-c1ccc(C([2H])([2H])C3CCCC3)cc1)oc1c(-c3nc4ccccc4n3-c3c(C([2H])(C)C)cccc3C([2H])(C)C)[c-]ccc12.[2H]C([2H])([2H])c1ccc(-c2[c-]cccc2)nc1.[Ir]. The second-order valence-electron chi connectivity index (χ2n) is 16.0. The molecular formula is C56H53IrN3O-2. The minimum absolute atomic E-state index is 0. The number of aryl methyl sites for hydroxylation is 2. The van der Waals surface area contributed by atoms with Crippen LogP contribution in [-0.4, -0.2) is 14.5 Å². The molecule has 3 aromatic heterocycles. The fourth-order valence-electron chi connectivity index (χ4n) is 8.36. The van der Waals surface area contributed by atoms with Crippen LogP contribution in [0.15, 0.2) is 138 Å². The molecule has 0 amide bonds. The van der Waals surface area contributed by atoms with Gasteiger partial charge in [-0.05, 0) is 107 Å². The maximum absolute atomic E-state index is 9.16. The maximum atomic E-state index is 9.16. The van der Waals surface area contributed by atoms with Crippen LogP contribution in [0.4, 0.5) is 0 Å². The van der Waals surface area contributed by atoms with E-state index >= 15 is 0 Å². The monoisotopic (exact) mass is 986 g/mol. The number of rotatable bonds is 8. The van der Waals surface area contributed by atoms with Crippen LogP contribution >= 0.6 is 0 Å². The second kappa shape index (κ2) is 18.2. The number of benzene rings is 6. The predicted molar refractivity (Wildman–Crippen MR) is 250 cm³/mol. The topological polar surface area (TPSA) is 43.9 Å². The Kier molecular flexibility index (Phi) is 9.31. The van der Waals surface area contributed by atoms with Gasteiger partial charge in [-0.3, -0.25) is 4.98 Å². The Morgan fingerprint density at radius 3 is 2.26 bits per heavy atom. The number of nitrogens with zero attached hydrogens (tertiary/aromatic N) is 3. The number of pyridine rings is 1. The van der Waals surface area contributed by atoms with Crippen LogP contribution in [0.25, 0.3) is 72.4 Å². The van der Waals surface area contributed by atoms with Crippen molar-refractivity contribution in [3.05, 3.63) is 174 Å². The molecule has 1 aliphatic rings. The Morgan fingerprint density at radius 2 is 1.57 bits per heavy atom. The van der Waals surface area contributed by atoms with Crippen LogP contribution in [0, 0.1) is 31.8 Å². The van der Waals surface area contributed by atoms with E-state index in [4.69, 9.17) is 23.1 Å². The molecule has 6 aromatic carbocycles. The van der Waals surface area contributed by atoms with Gasteiger partial charge in [-0.1, -0.05) is 131 Å². The molecular weight excluding hydrogens is 923 g/mol. The van der Waals surface area contributed by atoms with E-state index in [1.807, 2.05) is 111 Å². The minimum Gasteiger partial charge on any atom is -0.501 e. The normalized spacial score (nSPS) is 16.4. The summed E-state index contributed by atoms with van der Waals surface area (Å²) >= 11 is 0. The third kappa shape index (κ3) is 8.52. The first-order valence-corrected chi connectivity index (χ1v) is 20.6. The molecule has 0 N–H and O–H groups in total. The molecule has 0 atom stereocenters. The first-order chi connectivity index (χ1) is 33.0. The van der Waals surface area contributed by atoms with Crippen LogP contribution in [0.1, 0.15) is 107 Å². The van der Waals surface area contributed by atoms with Gasteiger partial charge in [-0.15, -0.1) is 54.1 Å². The Bertz CT molecular complexity index is 3310. The van der Waals surface area contributed by atoms with Crippen molar-refractivity contribution in [1.82, 2.24) is 14.5 Å². The van der Waals surface area contributed by atoms with Crippen LogP contribution in [-0.2, 0) is 26.5 Å². The largest absolute Gasteiger partial charge is 0.501 e. The summed E-state index contributed by atoms with van der Waals surface area (Å²) < 4.78 is 92.1. The van der Waals surface area contributed by atoms with Gasteiger partial charge in [0.15, 0.2) is 0 Å². The maximum Gasteiger partial charge on any atom is 0.121 e. The summed E-state index contributed by atoms with van der Waals surface area (Å²) in [5.41, 5.74) is 9.12. The number of hydrogen-bond donors (Lipinski definition) is 0. The Hall–Kier alpha value is -5.61. The molecule has 1 fully saturated rings. The number of hydrogen-bond acceptors (Lipinski definition) is 3. The zero-order valence-corrected chi connectivity index (χ0v) is 37.1. The van der Waals surface area contributed by atoms with Crippen LogP contribution in [0.3, 0.4) is 0 Å². The second-order valence-corrected chi connectivity index (χ2v) is 16.0. The molecule has 0 saturated heterocycles. The molecule has 5 heteroatoms. The number of imidazole rings is 1. The van der Waals surface area contributed by atoms with Crippen molar-refractivity contribution in [2.24, 2.45) is 5.92 Å². The van der Waals surface area contributed by atoms with E-state index < -0.39 is 31.9 Å². The molecule has 0 spiro atoms. The predicted octanol–water partition coefficient (Wildman–Crippen LogP) is 15.2. The molecule has 1 radical (unpaired) electrons. The van der Waals surface area contributed by atoms with E-state index in [0.29, 0.717) is 50.0 Å². The molecule has 0 bridgehead atoms. The van der Waals surface area contributed by atoms with E-state index in [9.17, 15) is 0 Å². The molecule has 1 saturated carbocycles. The first-order valence-electron chi connectivity index (χ1n) is 25.6. The van der Waals surface area contributed by atoms with Gasteiger partial charge >= 0.3 is 0 Å². The standard InChI is InChI=1S/C44H43N2O.C12H10N.Ir/c1-27(2)33-14-10-15-34(28(3)4)42(33)46-40-19-9-8-18-39(40)45-44(46)36-17-11-16-35-38-24-29(5)37(26-41(38)47-43(35)36)32-22-20-31(21-23-32)25-30-12-6-7-13-30;1-10-7-8-12(13-9-10)11-5-3-2-4-6-11;/h8-11,14-16,18-24,26-28,30H,6-7,12-13,25H2,1-5H3;2-5,7-9H,1H3;/q2*-1;/i5D3,25D2,27D,28D;1D3;. The summed E-state index contributed by atoms with van der Waals surface area (Å²) in [6.45, 7) is 2.85. The fraction of sp³-hybridized carbons (Fsp3) is 0.250. The summed E-state index contributed by atoms with van der Waals surface area (Å²) in [7, 11) is 0. The van der Waals surface area contributed by atoms with Gasteiger partial charge in [0.1, 0.15) is 5.58 Å². The minimum atomic E-state index is -2.44. The molecule has 3 heterocycles. The van der Waals surface area contributed by atoms with Crippen LogP contribution in [0.5, 0.6) is 0 Å². The molecule has 9 aromatic rings. The Morgan fingerprint density at radius 1 is 0.803 bits per heavy atom. The zero-order valence-electron chi connectivity index (χ0n) is 44.7. The van der Waals surface area contributed by atoms with E-state index in [-0.39, 0.29) is 37.2 Å². The van der Waals surface area contributed by atoms with Gasteiger partial charge in [-0.2, -0.15) is 0 Å². The van der Waals surface area contributed by atoms with Crippen LogP contribution in [0.2, 0.25) is 0 Å². The van der Waals surface area contributed by atoms with Crippen LogP contribution < -0.4 is 0 Å². The molecule has 1 aliphatic carbocycles. The van der Waals surface area contributed by atoms with E-state index in [0.717, 1.165) is 64.8 Å². The number of furan rings is 1. The molecule has 4 nitrogen and oxygen atoms in total. The first kappa shape index (κ1) is 31.3. The number of para-hydroxylation sites is 3. The average Bonchev–Trinajstić information content (AvgIpc) is 4.09. The number of aromatic nitrogens is 3. The van der Waals surface area contributed by atoms with Crippen molar-refractivity contribution < 1.29 is 38.2 Å². The van der Waals surface area contributed by atoms with Crippen molar-refractivity contribution in [2.45, 2.75) is 85.2 Å². The van der Waals surface area contributed by atoms with Gasteiger partial charge in [0.05, 0.1) is 22.4 Å². The smallest absolute Gasteiger partial charge is 0.121 e. The molecule has 0 unspecified atom stereocenters. The zero-order chi connectivity index (χ0) is 50.0. The summed E-state index contributed by atoms with van der Waals surface area (Å²) in [4.78, 5) is 9.26. The van der Waals surface area contributed by atoms with Crippen molar-refractivity contribution >= 4 is 33.0 Å². The molecule has 61 heavy (non-hydrogen) atoms. The fourth-order valence-corrected chi connectivity index (χ4v) is 8.36. The van der Waals surface area contributed by atoms with Gasteiger partial charge in [0.2, 0.25) is 0 Å². The summed E-state index contributed by atoms with van der Waals surface area (Å²) in [6.07, 6.45) is 3.76. The summed E-state index contributed by atoms with van der Waals surface area (Å²) in [5.74, 6) is -1.50. The van der Waals surface area contributed by atoms with E-state index in [1.54, 1.807) is 48.5 Å². The van der Waals surface area contributed by atoms with E-state index in [2.05, 4.69) is 17.1 Å². The molecule has 309 valence electrons.